The zero-order chi connectivity index (χ0) is 17.9. The molecule has 1 heterocycles. The lowest BCUT2D eigenvalue weighted by Crippen LogP contribution is -2.56. The molecule has 3 N–H and O–H groups in total. The lowest BCUT2D eigenvalue weighted by Gasteiger charge is -2.52. The van der Waals surface area contributed by atoms with E-state index in [1.54, 1.807) is 13.3 Å². The first kappa shape index (κ1) is 16.8. The number of Topliss-reactive ketones (excluding diaryl/α,β-unsaturated/α-hetero) is 1. The molecular formula is C19H27N3O3. The molecule has 2 spiro atoms. The van der Waals surface area contributed by atoms with Crippen LogP contribution in [0.2, 0.25) is 0 Å². The highest BCUT2D eigenvalue weighted by molar-refractivity contribution is 6.02. The number of carbonyl (C=O) groups is 1. The van der Waals surface area contributed by atoms with Crippen molar-refractivity contribution in [3.63, 3.8) is 0 Å². The molecular weight excluding hydrogens is 318 g/mol. The second kappa shape index (κ2) is 5.17. The van der Waals surface area contributed by atoms with Gasteiger partial charge in [0.1, 0.15) is 0 Å². The fraction of sp³-hybridized carbons (Fsp3) is 0.684. The maximum Gasteiger partial charge on any atom is 0.185 e. The van der Waals surface area contributed by atoms with E-state index in [0.717, 1.165) is 25.7 Å². The van der Waals surface area contributed by atoms with Crippen LogP contribution in [0, 0.1) is 16.2 Å². The smallest absolute Gasteiger partial charge is 0.185 e. The van der Waals surface area contributed by atoms with Gasteiger partial charge in [0.15, 0.2) is 11.6 Å². The van der Waals surface area contributed by atoms with Crippen LogP contribution in [0.3, 0.4) is 0 Å². The van der Waals surface area contributed by atoms with Gasteiger partial charge in [-0.05, 0) is 24.7 Å². The molecule has 0 radical (unpaired) electrons. The van der Waals surface area contributed by atoms with Crippen LogP contribution in [0.4, 0.5) is 0 Å². The maximum absolute atomic E-state index is 13.4. The molecule has 2 saturated carbocycles. The number of hydrogen-bond acceptors (Lipinski definition) is 6. The topological polar surface area (TPSA) is 85.9 Å². The molecule has 136 valence electrons. The summed E-state index contributed by atoms with van der Waals surface area (Å²) in [7, 11) is 1.68. The average molecular weight is 345 g/mol. The number of nitrogens with zero attached hydrogens (tertiary/aromatic N) is 1. The van der Waals surface area contributed by atoms with E-state index in [-0.39, 0.29) is 16.6 Å². The Balaban J connectivity index is 1.67. The van der Waals surface area contributed by atoms with Gasteiger partial charge in [-0.3, -0.25) is 9.79 Å². The van der Waals surface area contributed by atoms with Gasteiger partial charge in [0, 0.05) is 36.7 Å². The third-order valence-corrected chi connectivity index (χ3v) is 7.32. The van der Waals surface area contributed by atoms with Gasteiger partial charge < -0.3 is 20.5 Å². The van der Waals surface area contributed by atoms with E-state index in [1.165, 1.54) is 6.20 Å². The monoisotopic (exact) mass is 345 g/mol. The van der Waals surface area contributed by atoms with Crippen molar-refractivity contribution in [2.45, 2.75) is 45.3 Å². The lowest BCUT2D eigenvalue weighted by molar-refractivity contribution is -0.243. The van der Waals surface area contributed by atoms with E-state index < -0.39 is 11.2 Å². The zero-order valence-electron chi connectivity index (χ0n) is 15.2. The number of aliphatic imine (C=N–C) groups is 1. The lowest BCUT2D eigenvalue weighted by atomic mass is 9.55. The number of hydrogen-bond donors (Lipinski definition) is 2. The second-order valence-electron chi connectivity index (χ2n) is 8.16. The van der Waals surface area contributed by atoms with E-state index >= 15 is 0 Å². The van der Waals surface area contributed by atoms with Crippen LogP contribution in [0.5, 0.6) is 0 Å². The molecule has 3 atom stereocenters. The quantitative estimate of drug-likeness (QED) is 0.763. The number of nitrogens with two attached hydrogens (primary N) is 1. The predicted molar refractivity (Wildman–Crippen MR) is 94.7 cm³/mol. The van der Waals surface area contributed by atoms with Crippen LogP contribution in [0.25, 0.3) is 0 Å². The normalized spacial score (nSPS) is 42.3. The van der Waals surface area contributed by atoms with E-state index in [2.05, 4.69) is 24.2 Å². The molecule has 3 aliphatic carbocycles. The van der Waals surface area contributed by atoms with Crippen molar-refractivity contribution in [2.24, 2.45) is 27.0 Å². The average Bonchev–Trinajstić information content (AvgIpc) is 3.00. The van der Waals surface area contributed by atoms with Gasteiger partial charge in [0.2, 0.25) is 0 Å². The number of ketones is 1. The highest BCUT2D eigenvalue weighted by Gasteiger charge is 2.84. The molecule has 0 aromatic carbocycles. The van der Waals surface area contributed by atoms with Crippen LogP contribution in [0.1, 0.15) is 39.5 Å². The Morgan fingerprint density at radius 1 is 1.32 bits per heavy atom. The van der Waals surface area contributed by atoms with Crippen molar-refractivity contribution in [1.29, 1.82) is 0 Å². The van der Waals surface area contributed by atoms with Gasteiger partial charge >= 0.3 is 0 Å². The summed E-state index contributed by atoms with van der Waals surface area (Å²) < 4.78 is 12.2. The largest absolute Gasteiger partial charge is 0.403 e. The molecule has 1 unspecified atom stereocenters. The van der Waals surface area contributed by atoms with Gasteiger partial charge in [-0.25, -0.2) is 0 Å². The zero-order valence-corrected chi connectivity index (χ0v) is 15.2. The molecule has 0 bridgehead atoms. The van der Waals surface area contributed by atoms with Crippen molar-refractivity contribution in [3.05, 3.63) is 23.7 Å². The third kappa shape index (κ3) is 1.87. The van der Waals surface area contributed by atoms with Crippen molar-refractivity contribution < 1.29 is 14.3 Å². The van der Waals surface area contributed by atoms with E-state index in [4.69, 9.17) is 15.2 Å². The first-order valence-corrected chi connectivity index (χ1v) is 9.02. The summed E-state index contributed by atoms with van der Waals surface area (Å²) in [6, 6.07) is 0. The van der Waals surface area contributed by atoms with Gasteiger partial charge in [-0.15, -0.1) is 0 Å². The van der Waals surface area contributed by atoms with Crippen LogP contribution in [-0.4, -0.2) is 38.0 Å². The fourth-order valence-corrected chi connectivity index (χ4v) is 5.75. The Hall–Kier alpha value is -1.66. The fourth-order valence-electron chi connectivity index (χ4n) is 5.75. The van der Waals surface area contributed by atoms with Gasteiger partial charge in [0.25, 0.3) is 0 Å². The summed E-state index contributed by atoms with van der Waals surface area (Å²) >= 11 is 0. The van der Waals surface area contributed by atoms with Crippen LogP contribution < -0.4 is 11.1 Å². The summed E-state index contributed by atoms with van der Waals surface area (Å²) in [5.74, 6) is -0.331. The third-order valence-electron chi connectivity index (χ3n) is 7.32. The highest BCUT2D eigenvalue weighted by Crippen LogP contribution is 2.83. The maximum atomic E-state index is 13.4. The van der Waals surface area contributed by atoms with E-state index in [0.29, 0.717) is 24.6 Å². The van der Waals surface area contributed by atoms with Gasteiger partial charge in [-0.1, -0.05) is 19.9 Å². The molecule has 1 aliphatic heterocycles. The summed E-state index contributed by atoms with van der Waals surface area (Å²) in [5, 5.41) is 3.16. The molecule has 0 aromatic rings. The Kier molecular flexibility index (Phi) is 3.48. The summed E-state index contributed by atoms with van der Waals surface area (Å²) in [5.41, 5.74) is 6.32. The van der Waals surface area contributed by atoms with Crippen LogP contribution in [0.15, 0.2) is 28.7 Å². The molecule has 6 nitrogen and oxygen atoms in total. The number of rotatable bonds is 3. The Morgan fingerprint density at radius 3 is 2.68 bits per heavy atom. The van der Waals surface area contributed by atoms with Crippen molar-refractivity contribution in [3.8, 4) is 0 Å². The minimum absolute atomic E-state index is 0.0731. The van der Waals surface area contributed by atoms with Crippen molar-refractivity contribution in [2.75, 3.05) is 20.3 Å². The molecule has 6 heteroatoms. The van der Waals surface area contributed by atoms with Crippen LogP contribution in [-0.2, 0) is 14.3 Å². The van der Waals surface area contributed by atoms with Crippen molar-refractivity contribution in [1.82, 2.24) is 5.32 Å². The first-order chi connectivity index (χ1) is 11.9. The van der Waals surface area contributed by atoms with Crippen LogP contribution >= 0.6 is 0 Å². The summed E-state index contributed by atoms with van der Waals surface area (Å²) in [6.07, 6.45) is 8.46. The summed E-state index contributed by atoms with van der Waals surface area (Å²) in [4.78, 5) is 17.4. The highest BCUT2D eigenvalue weighted by atomic mass is 16.7. The Labute approximate surface area is 148 Å². The number of allylic oxidation sites excluding steroid dienone is 3. The molecule has 4 aliphatic rings. The minimum atomic E-state index is -0.497. The Bertz CT molecular complexity index is 707. The SMILES string of the molecule is CN=CC(=CN)NC1=CC[C@@]23CC2(C)C2(CC[C@]3(C)C1=O)OCCO2. The number of ether oxygens (including phenoxy) is 2. The van der Waals surface area contributed by atoms with Gasteiger partial charge in [0.05, 0.1) is 24.6 Å². The number of carbonyl (C=O) groups excluding carboxylic acids is 1. The van der Waals surface area contributed by atoms with E-state index in [9.17, 15) is 4.79 Å². The minimum Gasteiger partial charge on any atom is -0.403 e. The molecule has 3 fully saturated rings. The number of fused-ring (bicyclic) bond motifs is 1. The molecule has 0 aromatic heterocycles. The summed E-state index contributed by atoms with van der Waals surface area (Å²) in [6.45, 7) is 5.67. The Morgan fingerprint density at radius 2 is 2.04 bits per heavy atom. The van der Waals surface area contributed by atoms with Crippen molar-refractivity contribution >= 4 is 12.0 Å². The number of nitrogens with one attached hydrogen (secondary N) is 1. The van der Waals surface area contributed by atoms with E-state index in [1.807, 2.05) is 6.08 Å². The molecule has 25 heavy (non-hydrogen) atoms. The standard InChI is InChI=1S/C19H27N3O3/c1-16-6-7-19(24-8-9-25-19)17(2)12-18(16,17)5-4-14(15(16)23)22-13(10-20)11-21-3/h4,10-11,22H,5-9,12,20H2,1-3H3/t16-,17?,18+/m1/s1. The predicted octanol–water partition coefficient (Wildman–Crippen LogP) is 1.87. The van der Waals surface area contributed by atoms with Gasteiger partial charge in [-0.2, -0.15) is 0 Å². The molecule has 0 amide bonds. The second-order valence-corrected chi connectivity index (χ2v) is 8.16. The molecule has 4 rings (SSSR count). The first-order valence-electron chi connectivity index (χ1n) is 9.02. The molecule has 1 saturated heterocycles.